The van der Waals surface area contributed by atoms with Crippen molar-refractivity contribution in [3.63, 3.8) is 0 Å². The van der Waals surface area contributed by atoms with Crippen molar-refractivity contribution in [2.75, 3.05) is 0 Å². The van der Waals surface area contributed by atoms with Gasteiger partial charge < -0.3 is 0 Å². The van der Waals surface area contributed by atoms with Gasteiger partial charge in [0.25, 0.3) is 0 Å². The van der Waals surface area contributed by atoms with Crippen LogP contribution in [0, 0.1) is 9.39 Å². The van der Waals surface area contributed by atoms with Crippen molar-refractivity contribution in [2.24, 2.45) is 0 Å². The number of carbonyl (C=O) groups excluding carboxylic acids is 1. The quantitative estimate of drug-likeness (QED) is 0.627. The second kappa shape index (κ2) is 4.69. The van der Waals surface area contributed by atoms with Crippen LogP contribution < -0.4 is 0 Å². The van der Waals surface area contributed by atoms with Gasteiger partial charge in [0.05, 0.1) is 6.20 Å². The smallest absolute Gasteiger partial charge is 0.194 e. The second-order valence-corrected chi connectivity index (χ2v) is 4.48. The first-order valence-corrected chi connectivity index (χ1v) is 5.65. The van der Waals surface area contributed by atoms with Gasteiger partial charge in [0, 0.05) is 20.9 Å². The molecule has 0 spiro atoms. The molecule has 0 amide bonds. The van der Waals surface area contributed by atoms with Crippen molar-refractivity contribution < 1.29 is 9.18 Å². The number of ketones is 1. The Morgan fingerprint density at radius 2 is 2.00 bits per heavy atom. The summed E-state index contributed by atoms with van der Waals surface area (Å²) in [6.45, 7) is 0. The highest BCUT2D eigenvalue weighted by Crippen LogP contribution is 2.13. The number of carbonyl (C=O) groups is 1. The maximum Gasteiger partial charge on any atom is 0.194 e. The highest BCUT2D eigenvalue weighted by atomic mass is 127. The van der Waals surface area contributed by atoms with Crippen LogP contribution in [0.3, 0.4) is 0 Å². The van der Waals surface area contributed by atoms with Crippen LogP contribution in [0.5, 0.6) is 0 Å². The van der Waals surface area contributed by atoms with Crippen molar-refractivity contribution in [3.8, 4) is 0 Å². The lowest BCUT2D eigenvalue weighted by Crippen LogP contribution is -2.02. The first-order chi connectivity index (χ1) is 7.66. The van der Waals surface area contributed by atoms with Gasteiger partial charge in [-0.25, -0.2) is 4.39 Å². The predicted octanol–water partition coefficient (Wildman–Crippen LogP) is 3.06. The van der Waals surface area contributed by atoms with E-state index in [1.54, 1.807) is 18.2 Å². The lowest BCUT2D eigenvalue weighted by Gasteiger charge is -2.01. The van der Waals surface area contributed by atoms with E-state index in [0.717, 1.165) is 9.77 Å². The van der Waals surface area contributed by atoms with Gasteiger partial charge in [-0.1, -0.05) is 12.1 Å². The Kier molecular flexibility index (Phi) is 3.28. The summed E-state index contributed by atoms with van der Waals surface area (Å²) in [5.74, 6) is -0.720. The van der Waals surface area contributed by atoms with Gasteiger partial charge in [-0.05, 0) is 40.8 Å². The number of pyridine rings is 1. The fourth-order valence-corrected chi connectivity index (χ4v) is 1.88. The molecule has 1 aromatic carbocycles. The zero-order chi connectivity index (χ0) is 11.5. The SMILES string of the molecule is O=C(c1cncc(F)c1)c1cccc(I)c1. The van der Waals surface area contributed by atoms with Crippen LogP contribution in [-0.2, 0) is 0 Å². The van der Waals surface area contributed by atoms with Gasteiger partial charge in [0.1, 0.15) is 5.82 Å². The number of nitrogens with zero attached hydrogens (tertiary/aromatic N) is 1. The molecule has 2 aromatic rings. The fourth-order valence-electron chi connectivity index (χ4n) is 1.33. The molecule has 4 heteroatoms. The molecule has 1 aromatic heterocycles. The molecule has 0 unspecified atom stereocenters. The maximum atomic E-state index is 12.9. The van der Waals surface area contributed by atoms with Gasteiger partial charge in [-0.3, -0.25) is 9.78 Å². The van der Waals surface area contributed by atoms with Gasteiger partial charge in [0.15, 0.2) is 5.78 Å². The maximum absolute atomic E-state index is 12.9. The monoisotopic (exact) mass is 327 g/mol. The molecule has 0 saturated heterocycles. The number of hydrogen-bond donors (Lipinski definition) is 0. The normalized spacial score (nSPS) is 10.1. The van der Waals surface area contributed by atoms with E-state index >= 15 is 0 Å². The zero-order valence-corrected chi connectivity index (χ0v) is 10.3. The molecule has 0 bridgehead atoms. The minimum atomic E-state index is -0.503. The third-order valence-corrected chi connectivity index (χ3v) is 2.72. The van der Waals surface area contributed by atoms with Gasteiger partial charge in [-0.15, -0.1) is 0 Å². The summed E-state index contributed by atoms with van der Waals surface area (Å²) in [5, 5.41) is 0. The molecule has 2 rings (SSSR count). The molecule has 0 atom stereocenters. The molecule has 2 nitrogen and oxygen atoms in total. The molecule has 16 heavy (non-hydrogen) atoms. The summed E-state index contributed by atoms with van der Waals surface area (Å²) in [7, 11) is 0. The minimum absolute atomic E-state index is 0.217. The number of rotatable bonds is 2. The molecular formula is C12H7FINO. The average Bonchev–Trinajstić information content (AvgIpc) is 2.28. The van der Waals surface area contributed by atoms with E-state index in [4.69, 9.17) is 0 Å². The summed E-state index contributed by atoms with van der Waals surface area (Å²) >= 11 is 2.12. The van der Waals surface area contributed by atoms with Crippen LogP contribution in [0.25, 0.3) is 0 Å². The molecule has 0 saturated carbocycles. The van der Waals surface area contributed by atoms with Crippen molar-refractivity contribution in [3.05, 3.63) is 63.2 Å². The predicted molar refractivity (Wildman–Crippen MR) is 66.8 cm³/mol. The third-order valence-electron chi connectivity index (χ3n) is 2.05. The van der Waals surface area contributed by atoms with E-state index in [9.17, 15) is 9.18 Å². The molecule has 0 radical (unpaired) electrons. The highest BCUT2D eigenvalue weighted by Gasteiger charge is 2.10. The van der Waals surface area contributed by atoms with Crippen LogP contribution >= 0.6 is 22.6 Å². The van der Waals surface area contributed by atoms with E-state index in [2.05, 4.69) is 27.6 Å². The largest absolute Gasteiger partial charge is 0.289 e. The molecular weight excluding hydrogens is 320 g/mol. The Labute approximate surface area is 106 Å². The van der Waals surface area contributed by atoms with Crippen LogP contribution in [0.15, 0.2) is 42.7 Å². The molecule has 0 N–H and O–H groups in total. The standard InChI is InChI=1S/C12H7FINO/c13-10-4-9(6-15-7-10)12(16)8-2-1-3-11(14)5-8/h1-7H. The Morgan fingerprint density at radius 1 is 1.19 bits per heavy atom. The van der Waals surface area contributed by atoms with Gasteiger partial charge in [-0.2, -0.15) is 0 Å². The van der Waals surface area contributed by atoms with E-state index in [1.807, 2.05) is 6.07 Å². The Morgan fingerprint density at radius 3 is 2.69 bits per heavy atom. The molecule has 80 valence electrons. The molecule has 1 heterocycles. The molecule has 0 aliphatic heterocycles. The Hall–Kier alpha value is -1.30. The summed E-state index contributed by atoms with van der Waals surface area (Å²) in [6, 6.07) is 8.33. The fraction of sp³-hybridized carbons (Fsp3) is 0. The highest BCUT2D eigenvalue weighted by molar-refractivity contribution is 14.1. The topological polar surface area (TPSA) is 30.0 Å². The first kappa shape index (κ1) is 11.2. The van der Waals surface area contributed by atoms with Crippen LogP contribution in [0.1, 0.15) is 15.9 Å². The number of halogens is 2. The summed E-state index contributed by atoms with van der Waals surface area (Å²) in [6.07, 6.45) is 2.44. The summed E-state index contributed by atoms with van der Waals surface area (Å²) in [4.78, 5) is 15.6. The van der Waals surface area contributed by atoms with E-state index in [-0.39, 0.29) is 11.3 Å². The van der Waals surface area contributed by atoms with Crippen LogP contribution in [0.2, 0.25) is 0 Å². The lowest BCUT2D eigenvalue weighted by atomic mass is 10.1. The van der Waals surface area contributed by atoms with Crippen LogP contribution in [-0.4, -0.2) is 10.8 Å². The minimum Gasteiger partial charge on any atom is -0.289 e. The van der Waals surface area contributed by atoms with Crippen molar-refractivity contribution in [1.82, 2.24) is 4.98 Å². The summed E-state index contributed by atoms with van der Waals surface area (Å²) < 4.78 is 13.9. The molecule has 0 aliphatic rings. The number of hydrogen-bond acceptors (Lipinski definition) is 2. The van der Waals surface area contributed by atoms with Gasteiger partial charge in [0.2, 0.25) is 0 Å². The zero-order valence-electron chi connectivity index (χ0n) is 8.15. The van der Waals surface area contributed by atoms with E-state index in [0.29, 0.717) is 5.56 Å². The average molecular weight is 327 g/mol. The first-order valence-electron chi connectivity index (χ1n) is 4.57. The Bertz CT molecular complexity index is 495. The Balaban J connectivity index is 2.39. The van der Waals surface area contributed by atoms with Crippen molar-refractivity contribution in [1.29, 1.82) is 0 Å². The lowest BCUT2D eigenvalue weighted by molar-refractivity contribution is 0.103. The number of aromatic nitrogens is 1. The van der Waals surface area contributed by atoms with E-state index < -0.39 is 5.82 Å². The van der Waals surface area contributed by atoms with Crippen LogP contribution in [0.4, 0.5) is 4.39 Å². The molecule has 0 aliphatic carbocycles. The third kappa shape index (κ3) is 2.44. The van der Waals surface area contributed by atoms with Crippen molar-refractivity contribution in [2.45, 2.75) is 0 Å². The summed E-state index contributed by atoms with van der Waals surface area (Å²) in [5.41, 5.74) is 0.807. The van der Waals surface area contributed by atoms with E-state index in [1.165, 1.54) is 12.3 Å². The van der Waals surface area contributed by atoms with Crippen molar-refractivity contribution >= 4 is 28.4 Å². The number of benzene rings is 1. The van der Waals surface area contributed by atoms with Gasteiger partial charge >= 0.3 is 0 Å². The molecule has 0 fully saturated rings. The second-order valence-electron chi connectivity index (χ2n) is 3.23.